The van der Waals surface area contributed by atoms with Crippen molar-refractivity contribution in [1.29, 1.82) is 5.26 Å². The van der Waals surface area contributed by atoms with E-state index < -0.39 is 61.0 Å². The van der Waals surface area contributed by atoms with Gasteiger partial charge in [-0.25, -0.2) is 8.78 Å². The Morgan fingerprint density at radius 3 is 2.77 bits per heavy atom. The van der Waals surface area contributed by atoms with Crippen molar-refractivity contribution in [3.63, 3.8) is 0 Å². The molecule has 1 saturated heterocycles. The van der Waals surface area contributed by atoms with Gasteiger partial charge in [-0.3, -0.25) is 14.6 Å². The average Bonchev–Trinajstić information content (AvgIpc) is 2.86. The summed E-state index contributed by atoms with van der Waals surface area (Å²) in [4.78, 5) is 28.0. The Hall–Kier alpha value is -2.97. The van der Waals surface area contributed by atoms with Crippen molar-refractivity contribution in [3.8, 4) is 11.8 Å². The Bertz CT molecular complexity index is 747. The molecule has 0 aliphatic carbocycles. The number of rotatable bonds is 4. The fraction of sp³-hybridized carbons (Fsp3) is 0.429. The predicted molar refractivity (Wildman–Crippen MR) is 73.9 cm³/mol. The Morgan fingerprint density at radius 1 is 1.46 bits per heavy atom. The molecular formula is C14H11F5N4O3. The topological polar surface area (TPSA) is 95.3 Å². The number of aromatic nitrogens is 1. The van der Waals surface area contributed by atoms with Crippen molar-refractivity contribution >= 4 is 11.8 Å². The van der Waals surface area contributed by atoms with Crippen LogP contribution >= 0.6 is 0 Å². The molecule has 2 rings (SSSR count). The van der Waals surface area contributed by atoms with Gasteiger partial charge in [0.15, 0.2) is 5.75 Å². The lowest BCUT2D eigenvalue weighted by Crippen LogP contribution is -2.43. The Kier molecular flexibility index (Phi) is 5.29. The standard InChI is InChI=1S/C14H11F5N4O3/c15-13(16)3-8(4-20)23(7-13)11(24)6-22-12(25)9-1-2-21-5-10(9)26-14(17,18)19/h1-2,5,8H,3,6-7H2,(H,22,25)/t8-/m0/s1. The summed E-state index contributed by atoms with van der Waals surface area (Å²) in [6, 6.07) is 1.15. The number of ether oxygens (including phenoxy) is 1. The molecule has 140 valence electrons. The SMILES string of the molecule is N#C[C@@H]1CC(F)(F)CN1C(=O)CNC(=O)c1ccncc1OC(F)(F)F. The zero-order valence-corrected chi connectivity index (χ0v) is 12.9. The summed E-state index contributed by atoms with van der Waals surface area (Å²) in [7, 11) is 0. The molecule has 1 aromatic heterocycles. The van der Waals surface area contributed by atoms with Gasteiger partial charge in [-0.15, -0.1) is 13.2 Å². The molecule has 0 bridgehead atoms. The minimum absolute atomic E-state index is 0.547. The van der Waals surface area contributed by atoms with Crippen LogP contribution in [0.3, 0.4) is 0 Å². The highest BCUT2D eigenvalue weighted by Crippen LogP contribution is 2.31. The Morgan fingerprint density at radius 2 is 2.15 bits per heavy atom. The number of nitriles is 1. The van der Waals surface area contributed by atoms with Gasteiger partial charge in [-0.1, -0.05) is 0 Å². The minimum atomic E-state index is -5.06. The quantitative estimate of drug-likeness (QED) is 0.801. The van der Waals surface area contributed by atoms with E-state index in [9.17, 15) is 31.5 Å². The van der Waals surface area contributed by atoms with Crippen molar-refractivity contribution in [3.05, 3.63) is 24.0 Å². The maximum absolute atomic E-state index is 13.3. The van der Waals surface area contributed by atoms with E-state index in [2.05, 4.69) is 9.72 Å². The summed E-state index contributed by atoms with van der Waals surface area (Å²) < 4.78 is 67.2. The first kappa shape index (κ1) is 19.4. The van der Waals surface area contributed by atoms with Crippen LogP contribution < -0.4 is 10.1 Å². The van der Waals surface area contributed by atoms with E-state index in [0.717, 1.165) is 12.3 Å². The van der Waals surface area contributed by atoms with E-state index in [0.29, 0.717) is 11.1 Å². The monoisotopic (exact) mass is 378 g/mol. The highest BCUT2D eigenvalue weighted by Gasteiger charge is 2.47. The van der Waals surface area contributed by atoms with E-state index in [1.165, 1.54) is 0 Å². The second-order valence-corrected chi connectivity index (χ2v) is 5.33. The molecular weight excluding hydrogens is 367 g/mol. The summed E-state index contributed by atoms with van der Waals surface area (Å²) in [6.07, 6.45) is -4.18. The van der Waals surface area contributed by atoms with E-state index in [-0.39, 0.29) is 0 Å². The van der Waals surface area contributed by atoms with Gasteiger partial charge < -0.3 is 15.0 Å². The average molecular weight is 378 g/mol. The van der Waals surface area contributed by atoms with Crippen molar-refractivity contribution in [2.45, 2.75) is 24.7 Å². The van der Waals surface area contributed by atoms with Gasteiger partial charge in [0.2, 0.25) is 5.91 Å². The van der Waals surface area contributed by atoms with Crippen LogP contribution in [0.15, 0.2) is 18.5 Å². The third kappa shape index (κ3) is 4.78. The second-order valence-electron chi connectivity index (χ2n) is 5.33. The van der Waals surface area contributed by atoms with Gasteiger partial charge in [0, 0.05) is 12.6 Å². The van der Waals surface area contributed by atoms with Crippen LogP contribution in [0.5, 0.6) is 5.75 Å². The van der Waals surface area contributed by atoms with E-state index in [1.54, 1.807) is 6.07 Å². The zero-order chi connectivity index (χ0) is 19.5. The summed E-state index contributed by atoms with van der Waals surface area (Å²) in [6.45, 7) is -1.75. The van der Waals surface area contributed by atoms with Crippen LogP contribution in [-0.2, 0) is 4.79 Å². The third-order valence-corrected chi connectivity index (χ3v) is 3.39. The molecule has 1 aliphatic rings. The van der Waals surface area contributed by atoms with E-state index in [1.807, 2.05) is 5.32 Å². The molecule has 1 aromatic rings. The molecule has 0 radical (unpaired) electrons. The van der Waals surface area contributed by atoms with Crippen LogP contribution in [0.1, 0.15) is 16.8 Å². The smallest absolute Gasteiger partial charge is 0.403 e. The number of amides is 2. The minimum Gasteiger partial charge on any atom is -0.403 e. The molecule has 1 N–H and O–H groups in total. The summed E-state index contributed by atoms with van der Waals surface area (Å²) in [5.41, 5.74) is -0.547. The summed E-state index contributed by atoms with van der Waals surface area (Å²) >= 11 is 0. The van der Waals surface area contributed by atoms with Crippen molar-refractivity contribution in [1.82, 2.24) is 15.2 Å². The number of hydrogen-bond donors (Lipinski definition) is 1. The highest BCUT2D eigenvalue weighted by atomic mass is 19.4. The molecule has 26 heavy (non-hydrogen) atoms. The molecule has 1 fully saturated rings. The van der Waals surface area contributed by atoms with Crippen LogP contribution in [-0.4, -0.2) is 53.1 Å². The number of hydrogen-bond acceptors (Lipinski definition) is 5. The predicted octanol–water partition coefficient (Wildman–Crippen LogP) is 1.47. The number of nitrogens with one attached hydrogen (secondary N) is 1. The molecule has 2 amide bonds. The van der Waals surface area contributed by atoms with Crippen LogP contribution in [0.2, 0.25) is 0 Å². The number of nitrogens with zero attached hydrogens (tertiary/aromatic N) is 3. The van der Waals surface area contributed by atoms with E-state index >= 15 is 0 Å². The maximum atomic E-state index is 13.3. The lowest BCUT2D eigenvalue weighted by Gasteiger charge is -2.19. The maximum Gasteiger partial charge on any atom is 0.573 e. The number of likely N-dealkylation sites (tertiary alicyclic amines) is 1. The molecule has 1 atom stereocenters. The number of carbonyl (C=O) groups excluding carboxylic acids is 2. The summed E-state index contributed by atoms with van der Waals surface area (Å²) in [5, 5.41) is 10.8. The Balaban J connectivity index is 2.03. The number of alkyl halides is 5. The van der Waals surface area contributed by atoms with Gasteiger partial charge in [0.25, 0.3) is 11.8 Å². The molecule has 12 heteroatoms. The molecule has 0 aromatic carbocycles. The molecule has 0 unspecified atom stereocenters. The Labute approximate surface area is 143 Å². The first-order chi connectivity index (χ1) is 12.0. The lowest BCUT2D eigenvalue weighted by molar-refractivity contribution is -0.274. The number of halogens is 5. The highest BCUT2D eigenvalue weighted by molar-refractivity contribution is 5.98. The van der Waals surface area contributed by atoms with Crippen LogP contribution in [0, 0.1) is 11.3 Å². The first-order valence-corrected chi connectivity index (χ1v) is 7.07. The van der Waals surface area contributed by atoms with E-state index in [4.69, 9.17) is 5.26 Å². The fourth-order valence-corrected chi connectivity index (χ4v) is 2.32. The van der Waals surface area contributed by atoms with Crippen molar-refractivity contribution < 1.29 is 36.3 Å². The van der Waals surface area contributed by atoms with Crippen LogP contribution in [0.25, 0.3) is 0 Å². The first-order valence-electron chi connectivity index (χ1n) is 7.07. The molecule has 0 spiro atoms. The normalized spacial score (nSPS) is 18.9. The van der Waals surface area contributed by atoms with Gasteiger partial charge in [-0.2, -0.15) is 5.26 Å². The largest absolute Gasteiger partial charge is 0.573 e. The fourth-order valence-electron chi connectivity index (χ4n) is 2.32. The molecule has 0 saturated carbocycles. The van der Waals surface area contributed by atoms with Gasteiger partial charge in [-0.05, 0) is 6.07 Å². The van der Waals surface area contributed by atoms with Gasteiger partial charge in [0.1, 0.15) is 6.04 Å². The van der Waals surface area contributed by atoms with Crippen molar-refractivity contribution in [2.75, 3.05) is 13.1 Å². The number of carbonyl (C=O) groups is 2. The molecule has 2 heterocycles. The second kappa shape index (κ2) is 7.11. The summed E-state index contributed by atoms with van der Waals surface area (Å²) in [5.74, 6) is -6.17. The lowest BCUT2D eigenvalue weighted by atomic mass is 10.2. The number of pyridine rings is 1. The molecule has 7 nitrogen and oxygen atoms in total. The van der Waals surface area contributed by atoms with Crippen molar-refractivity contribution in [2.24, 2.45) is 0 Å². The van der Waals surface area contributed by atoms with Gasteiger partial charge in [0.05, 0.1) is 30.9 Å². The zero-order valence-electron chi connectivity index (χ0n) is 12.9. The van der Waals surface area contributed by atoms with Gasteiger partial charge >= 0.3 is 6.36 Å². The third-order valence-electron chi connectivity index (χ3n) is 3.39. The molecule has 1 aliphatic heterocycles. The van der Waals surface area contributed by atoms with Crippen LogP contribution in [0.4, 0.5) is 22.0 Å².